The summed E-state index contributed by atoms with van der Waals surface area (Å²) in [5, 5.41) is 20.8. The molecule has 0 aliphatic carbocycles. The van der Waals surface area contributed by atoms with Crippen molar-refractivity contribution in [2.75, 3.05) is 18.5 Å². The molecule has 1 aromatic rings. The zero-order valence-electron chi connectivity index (χ0n) is 10.5. The normalized spacial score (nSPS) is 11.6. The van der Waals surface area contributed by atoms with E-state index in [9.17, 15) is 4.79 Å². The minimum Gasteiger partial charge on any atom is -0.481 e. The molecule has 0 aliphatic heterocycles. The molecule has 1 aromatic carbocycles. The highest BCUT2D eigenvalue weighted by Gasteiger charge is 2.14. The molecule has 0 amide bonds. The largest absolute Gasteiger partial charge is 0.481 e. The molecule has 1 unspecified atom stereocenters. The van der Waals surface area contributed by atoms with E-state index >= 15 is 0 Å². The summed E-state index contributed by atoms with van der Waals surface area (Å²) < 4.78 is 6.19. The molecule has 0 fully saturated rings. The Kier molecular flexibility index (Phi) is 6.33. The lowest BCUT2D eigenvalue weighted by molar-refractivity contribution is -0.139. The highest BCUT2D eigenvalue weighted by Crippen LogP contribution is 2.21. The van der Waals surface area contributed by atoms with Crippen LogP contribution in [-0.2, 0) is 9.53 Å². The average molecular weight is 327 g/mol. The number of anilines is 1. The number of carbonyl (C=O) groups is 1. The summed E-state index contributed by atoms with van der Waals surface area (Å²) in [6.07, 6.45) is -0.496. The van der Waals surface area contributed by atoms with Crippen molar-refractivity contribution in [3.63, 3.8) is 0 Å². The van der Waals surface area contributed by atoms with Crippen LogP contribution in [0.3, 0.4) is 0 Å². The van der Waals surface area contributed by atoms with Gasteiger partial charge in [0.05, 0.1) is 23.8 Å². The van der Waals surface area contributed by atoms with Gasteiger partial charge in [-0.25, -0.2) is 0 Å². The van der Waals surface area contributed by atoms with E-state index in [-0.39, 0.29) is 6.42 Å². The summed E-state index contributed by atoms with van der Waals surface area (Å²) in [5.74, 6) is -0.907. The van der Waals surface area contributed by atoms with E-state index in [1.807, 2.05) is 6.92 Å². The first kappa shape index (κ1) is 15.5. The van der Waals surface area contributed by atoms with Crippen LogP contribution in [0.15, 0.2) is 22.7 Å². The van der Waals surface area contributed by atoms with Crippen LogP contribution in [0, 0.1) is 11.3 Å². The molecule has 19 heavy (non-hydrogen) atoms. The van der Waals surface area contributed by atoms with Crippen molar-refractivity contribution in [2.45, 2.75) is 19.4 Å². The van der Waals surface area contributed by atoms with Gasteiger partial charge < -0.3 is 15.2 Å². The minimum atomic E-state index is -0.907. The number of benzene rings is 1. The summed E-state index contributed by atoms with van der Waals surface area (Å²) in [6.45, 7) is 2.60. The summed E-state index contributed by atoms with van der Waals surface area (Å²) in [7, 11) is 0. The van der Waals surface area contributed by atoms with E-state index in [0.29, 0.717) is 24.4 Å². The highest BCUT2D eigenvalue weighted by molar-refractivity contribution is 9.10. The van der Waals surface area contributed by atoms with Crippen LogP contribution in [0.5, 0.6) is 0 Å². The lowest BCUT2D eigenvalue weighted by atomic mass is 10.2. The van der Waals surface area contributed by atoms with Gasteiger partial charge in [-0.3, -0.25) is 4.79 Å². The van der Waals surface area contributed by atoms with Crippen molar-refractivity contribution < 1.29 is 14.6 Å². The Morgan fingerprint density at radius 2 is 2.37 bits per heavy atom. The Labute approximate surface area is 120 Å². The number of hydrogen-bond acceptors (Lipinski definition) is 4. The number of halogens is 1. The molecule has 0 bridgehead atoms. The molecule has 1 rings (SSSR count). The van der Waals surface area contributed by atoms with Gasteiger partial charge in [0, 0.05) is 17.6 Å². The monoisotopic (exact) mass is 326 g/mol. The maximum atomic E-state index is 10.7. The standard InChI is InChI=1S/C13H15BrN2O3/c1-2-19-11(6-13(17)18)8-16-12-5-10(14)4-3-9(12)7-15/h3-5,11,16H,2,6,8H2,1H3,(H,17,18). The van der Waals surface area contributed by atoms with Crippen LogP contribution >= 0.6 is 15.9 Å². The molecule has 1 atom stereocenters. The van der Waals surface area contributed by atoms with E-state index in [2.05, 4.69) is 27.3 Å². The maximum Gasteiger partial charge on any atom is 0.306 e. The van der Waals surface area contributed by atoms with Crippen LogP contribution < -0.4 is 5.32 Å². The van der Waals surface area contributed by atoms with Crippen molar-refractivity contribution >= 4 is 27.6 Å². The second kappa shape index (κ2) is 7.77. The number of aliphatic carboxylic acids is 1. The van der Waals surface area contributed by atoms with Gasteiger partial charge in [-0.2, -0.15) is 5.26 Å². The fourth-order valence-corrected chi connectivity index (χ4v) is 1.97. The minimum absolute atomic E-state index is 0.0727. The molecule has 0 heterocycles. The third kappa shape index (κ3) is 5.28. The van der Waals surface area contributed by atoms with Crippen molar-refractivity contribution in [2.24, 2.45) is 0 Å². The van der Waals surface area contributed by atoms with Gasteiger partial charge in [0.1, 0.15) is 6.07 Å². The number of hydrogen-bond donors (Lipinski definition) is 2. The smallest absolute Gasteiger partial charge is 0.306 e. The molecular formula is C13H15BrN2O3. The van der Waals surface area contributed by atoms with Gasteiger partial charge in [0.2, 0.25) is 0 Å². The molecule has 0 aliphatic rings. The molecule has 6 heteroatoms. The number of ether oxygens (including phenoxy) is 1. The van der Waals surface area contributed by atoms with Crippen molar-refractivity contribution in [1.82, 2.24) is 0 Å². The third-order valence-corrected chi connectivity index (χ3v) is 2.92. The van der Waals surface area contributed by atoms with Gasteiger partial charge in [-0.05, 0) is 25.1 Å². The van der Waals surface area contributed by atoms with E-state index < -0.39 is 12.1 Å². The first-order chi connectivity index (χ1) is 9.06. The highest BCUT2D eigenvalue weighted by atomic mass is 79.9. The topological polar surface area (TPSA) is 82.3 Å². The van der Waals surface area contributed by atoms with Crippen LogP contribution in [-0.4, -0.2) is 30.3 Å². The van der Waals surface area contributed by atoms with Crippen molar-refractivity contribution in [3.8, 4) is 6.07 Å². The Bertz CT molecular complexity index is 485. The van der Waals surface area contributed by atoms with Gasteiger partial charge in [0.25, 0.3) is 0 Å². The van der Waals surface area contributed by atoms with E-state index in [0.717, 1.165) is 4.47 Å². The predicted molar refractivity (Wildman–Crippen MR) is 75.0 cm³/mol. The molecule has 0 spiro atoms. The Hall–Kier alpha value is -1.58. The van der Waals surface area contributed by atoms with Crippen LogP contribution in [0.1, 0.15) is 18.9 Å². The van der Waals surface area contributed by atoms with Crippen LogP contribution in [0.4, 0.5) is 5.69 Å². The second-order valence-electron chi connectivity index (χ2n) is 3.86. The molecule has 0 radical (unpaired) electrons. The molecular weight excluding hydrogens is 312 g/mol. The summed E-state index contributed by atoms with van der Waals surface area (Å²) in [5.41, 5.74) is 1.17. The zero-order valence-corrected chi connectivity index (χ0v) is 12.1. The van der Waals surface area contributed by atoms with Gasteiger partial charge in [-0.15, -0.1) is 0 Å². The number of nitriles is 1. The molecule has 0 aromatic heterocycles. The Balaban J connectivity index is 2.70. The first-order valence-electron chi connectivity index (χ1n) is 5.83. The lowest BCUT2D eigenvalue weighted by Crippen LogP contribution is -2.26. The quantitative estimate of drug-likeness (QED) is 0.804. The molecule has 2 N–H and O–H groups in total. The fraction of sp³-hybridized carbons (Fsp3) is 0.385. The van der Waals surface area contributed by atoms with Gasteiger partial charge in [0.15, 0.2) is 0 Å². The summed E-state index contributed by atoms with van der Waals surface area (Å²) in [4.78, 5) is 10.7. The van der Waals surface area contributed by atoms with E-state index in [1.165, 1.54) is 0 Å². The van der Waals surface area contributed by atoms with Gasteiger partial charge in [-0.1, -0.05) is 15.9 Å². The number of carboxylic acid groups (broad SMARTS) is 1. The van der Waals surface area contributed by atoms with E-state index in [1.54, 1.807) is 18.2 Å². The summed E-state index contributed by atoms with van der Waals surface area (Å²) in [6, 6.07) is 7.33. The van der Waals surface area contributed by atoms with E-state index in [4.69, 9.17) is 15.1 Å². The Morgan fingerprint density at radius 3 is 2.95 bits per heavy atom. The van der Waals surface area contributed by atoms with Crippen LogP contribution in [0.2, 0.25) is 0 Å². The Morgan fingerprint density at radius 1 is 1.63 bits per heavy atom. The average Bonchev–Trinajstić information content (AvgIpc) is 2.36. The van der Waals surface area contributed by atoms with Gasteiger partial charge >= 0.3 is 5.97 Å². The molecule has 0 saturated heterocycles. The predicted octanol–water partition coefficient (Wildman–Crippen LogP) is 2.61. The molecule has 5 nitrogen and oxygen atoms in total. The lowest BCUT2D eigenvalue weighted by Gasteiger charge is -2.17. The SMILES string of the molecule is CCOC(CNc1cc(Br)ccc1C#N)CC(=O)O. The second-order valence-corrected chi connectivity index (χ2v) is 4.77. The number of nitrogens with one attached hydrogen (secondary N) is 1. The first-order valence-corrected chi connectivity index (χ1v) is 6.63. The fourth-order valence-electron chi connectivity index (χ4n) is 1.60. The zero-order chi connectivity index (χ0) is 14.3. The molecule has 0 saturated carbocycles. The molecule has 102 valence electrons. The number of rotatable bonds is 7. The maximum absolute atomic E-state index is 10.7. The third-order valence-electron chi connectivity index (χ3n) is 2.43. The van der Waals surface area contributed by atoms with Crippen molar-refractivity contribution in [3.05, 3.63) is 28.2 Å². The number of carboxylic acids is 1. The summed E-state index contributed by atoms with van der Waals surface area (Å²) >= 11 is 3.33. The van der Waals surface area contributed by atoms with Crippen LogP contribution in [0.25, 0.3) is 0 Å². The number of nitrogens with zero attached hydrogens (tertiary/aromatic N) is 1. The van der Waals surface area contributed by atoms with Crippen molar-refractivity contribution in [1.29, 1.82) is 5.26 Å².